The summed E-state index contributed by atoms with van der Waals surface area (Å²) < 4.78 is 9.73. The predicted octanol–water partition coefficient (Wildman–Crippen LogP) is 1.33. The van der Waals surface area contributed by atoms with Crippen LogP contribution >= 0.6 is 0 Å². The molecule has 4 nitrogen and oxygen atoms in total. The molecule has 82 valence electrons. The van der Waals surface area contributed by atoms with E-state index in [2.05, 4.69) is 0 Å². The molecule has 0 unspecified atom stereocenters. The van der Waals surface area contributed by atoms with E-state index < -0.39 is 0 Å². The van der Waals surface area contributed by atoms with Crippen LogP contribution in [0.4, 0.5) is 0 Å². The molecule has 0 rings (SSSR count). The van der Waals surface area contributed by atoms with Crippen LogP contribution in [0.1, 0.15) is 32.6 Å². The molecule has 0 radical (unpaired) electrons. The Morgan fingerprint density at radius 1 is 1.07 bits per heavy atom. The van der Waals surface area contributed by atoms with Crippen molar-refractivity contribution >= 4 is 11.8 Å². The third-order valence-corrected chi connectivity index (χ3v) is 1.69. The van der Waals surface area contributed by atoms with E-state index in [0.717, 1.165) is 12.8 Å². The molecule has 0 spiro atoms. The van der Waals surface area contributed by atoms with Gasteiger partial charge in [0.05, 0.1) is 13.0 Å². The molecular weight excluding hydrogens is 184 g/mol. The Labute approximate surface area is 84.6 Å². The van der Waals surface area contributed by atoms with E-state index in [1.165, 1.54) is 6.92 Å². The third-order valence-electron chi connectivity index (χ3n) is 1.69. The van der Waals surface area contributed by atoms with Gasteiger partial charge in [0.2, 0.25) is 0 Å². The third kappa shape index (κ3) is 9.19. The standard InChI is InChI=1S/C10H18O4/c1-9(11)5-6-10(12)14-8-4-3-7-13-2/h3-8H2,1-2H3. The van der Waals surface area contributed by atoms with Crippen LogP contribution in [0.3, 0.4) is 0 Å². The molecule has 0 saturated carbocycles. The van der Waals surface area contributed by atoms with Gasteiger partial charge >= 0.3 is 5.97 Å². The number of carbonyl (C=O) groups excluding carboxylic acids is 2. The van der Waals surface area contributed by atoms with Gasteiger partial charge in [-0.05, 0) is 19.8 Å². The van der Waals surface area contributed by atoms with Gasteiger partial charge in [0.1, 0.15) is 5.78 Å². The summed E-state index contributed by atoms with van der Waals surface area (Å²) in [7, 11) is 1.64. The Morgan fingerprint density at radius 3 is 2.29 bits per heavy atom. The van der Waals surface area contributed by atoms with Crippen LogP contribution in [0.15, 0.2) is 0 Å². The summed E-state index contributed by atoms with van der Waals surface area (Å²) in [6.45, 7) is 2.57. The first-order chi connectivity index (χ1) is 6.66. The van der Waals surface area contributed by atoms with E-state index in [-0.39, 0.29) is 24.6 Å². The van der Waals surface area contributed by atoms with E-state index in [1.54, 1.807) is 7.11 Å². The fraction of sp³-hybridized carbons (Fsp3) is 0.800. The van der Waals surface area contributed by atoms with Crippen molar-refractivity contribution in [2.45, 2.75) is 32.6 Å². The first-order valence-corrected chi connectivity index (χ1v) is 4.81. The zero-order valence-corrected chi connectivity index (χ0v) is 8.88. The summed E-state index contributed by atoms with van der Waals surface area (Å²) in [4.78, 5) is 21.5. The zero-order chi connectivity index (χ0) is 10.8. The molecular formula is C10H18O4. The molecule has 0 aromatic rings. The van der Waals surface area contributed by atoms with Gasteiger partial charge in [0.25, 0.3) is 0 Å². The molecule has 0 aliphatic heterocycles. The molecule has 0 aliphatic carbocycles. The van der Waals surface area contributed by atoms with Crippen molar-refractivity contribution in [1.82, 2.24) is 0 Å². The van der Waals surface area contributed by atoms with Crippen molar-refractivity contribution < 1.29 is 19.1 Å². The van der Waals surface area contributed by atoms with Gasteiger partial charge in [-0.15, -0.1) is 0 Å². The second-order valence-electron chi connectivity index (χ2n) is 3.12. The minimum absolute atomic E-state index is 0.0151. The van der Waals surface area contributed by atoms with E-state index >= 15 is 0 Å². The molecule has 0 heterocycles. The van der Waals surface area contributed by atoms with Crippen LogP contribution in [0.25, 0.3) is 0 Å². The molecule has 0 atom stereocenters. The smallest absolute Gasteiger partial charge is 0.306 e. The molecule has 14 heavy (non-hydrogen) atoms. The summed E-state index contributed by atoms with van der Waals surface area (Å²) in [5, 5.41) is 0. The van der Waals surface area contributed by atoms with Gasteiger partial charge in [0.15, 0.2) is 0 Å². The van der Waals surface area contributed by atoms with E-state index in [9.17, 15) is 9.59 Å². The number of Topliss-reactive ketones (excluding diaryl/α,β-unsaturated/α-hetero) is 1. The number of methoxy groups -OCH3 is 1. The second-order valence-corrected chi connectivity index (χ2v) is 3.12. The van der Waals surface area contributed by atoms with Gasteiger partial charge in [0, 0.05) is 20.1 Å². The maximum absolute atomic E-state index is 11.0. The highest BCUT2D eigenvalue weighted by atomic mass is 16.5. The van der Waals surface area contributed by atoms with Gasteiger partial charge < -0.3 is 14.3 Å². The Bertz CT molecular complexity index is 177. The van der Waals surface area contributed by atoms with Gasteiger partial charge in [-0.1, -0.05) is 0 Å². The van der Waals surface area contributed by atoms with Gasteiger partial charge in [-0.25, -0.2) is 0 Å². The van der Waals surface area contributed by atoms with E-state index in [0.29, 0.717) is 13.2 Å². The van der Waals surface area contributed by atoms with Crippen molar-refractivity contribution in [2.24, 2.45) is 0 Å². The second kappa shape index (κ2) is 8.69. The molecule has 0 saturated heterocycles. The maximum Gasteiger partial charge on any atom is 0.306 e. The summed E-state index contributed by atoms with van der Waals surface area (Å²) in [6.07, 6.45) is 2.16. The van der Waals surface area contributed by atoms with E-state index in [1.807, 2.05) is 0 Å². The largest absolute Gasteiger partial charge is 0.466 e. The molecule has 0 aliphatic rings. The van der Waals surface area contributed by atoms with E-state index in [4.69, 9.17) is 9.47 Å². The summed E-state index contributed by atoms with van der Waals surface area (Å²) >= 11 is 0. The van der Waals surface area contributed by atoms with Crippen molar-refractivity contribution in [1.29, 1.82) is 0 Å². The molecule has 0 N–H and O–H groups in total. The highest BCUT2D eigenvalue weighted by molar-refractivity contribution is 5.80. The predicted molar refractivity (Wildman–Crippen MR) is 52.0 cm³/mol. The molecule has 0 aromatic carbocycles. The fourth-order valence-corrected chi connectivity index (χ4v) is 0.885. The molecule has 0 aromatic heterocycles. The highest BCUT2D eigenvalue weighted by Crippen LogP contribution is 1.96. The SMILES string of the molecule is COCCCCOC(=O)CCC(C)=O. The fourth-order valence-electron chi connectivity index (χ4n) is 0.885. The summed E-state index contributed by atoms with van der Waals surface area (Å²) in [5.41, 5.74) is 0. The maximum atomic E-state index is 11.0. The van der Waals surface area contributed by atoms with Crippen molar-refractivity contribution in [3.8, 4) is 0 Å². The number of rotatable bonds is 8. The Morgan fingerprint density at radius 2 is 1.71 bits per heavy atom. The van der Waals surface area contributed by atoms with Crippen molar-refractivity contribution in [3.05, 3.63) is 0 Å². The topological polar surface area (TPSA) is 52.6 Å². The minimum Gasteiger partial charge on any atom is -0.466 e. The summed E-state index contributed by atoms with van der Waals surface area (Å²) in [6, 6.07) is 0. The number of ether oxygens (including phenoxy) is 2. The van der Waals surface area contributed by atoms with Gasteiger partial charge in [-0.2, -0.15) is 0 Å². The lowest BCUT2D eigenvalue weighted by atomic mass is 10.2. The number of esters is 1. The molecule has 4 heteroatoms. The Balaban J connectivity index is 3.22. The monoisotopic (exact) mass is 202 g/mol. The van der Waals surface area contributed by atoms with Crippen LogP contribution in [0.2, 0.25) is 0 Å². The zero-order valence-electron chi connectivity index (χ0n) is 8.88. The first kappa shape index (κ1) is 13.1. The number of hydrogen-bond donors (Lipinski definition) is 0. The van der Waals surface area contributed by atoms with Crippen molar-refractivity contribution in [2.75, 3.05) is 20.3 Å². The first-order valence-electron chi connectivity index (χ1n) is 4.81. The number of ketones is 1. The van der Waals surface area contributed by atoms with Crippen LogP contribution in [0, 0.1) is 0 Å². The Hall–Kier alpha value is -0.900. The number of unbranched alkanes of at least 4 members (excludes halogenated alkanes) is 1. The average molecular weight is 202 g/mol. The minimum atomic E-state index is -0.294. The molecule has 0 bridgehead atoms. The van der Waals surface area contributed by atoms with Crippen LogP contribution < -0.4 is 0 Å². The quantitative estimate of drug-likeness (QED) is 0.440. The molecule has 0 fully saturated rings. The number of hydrogen-bond acceptors (Lipinski definition) is 4. The molecule has 0 amide bonds. The lowest BCUT2D eigenvalue weighted by molar-refractivity contribution is -0.144. The van der Waals surface area contributed by atoms with Crippen molar-refractivity contribution in [3.63, 3.8) is 0 Å². The van der Waals surface area contributed by atoms with Gasteiger partial charge in [-0.3, -0.25) is 4.79 Å². The van der Waals surface area contributed by atoms with Crippen LogP contribution in [-0.2, 0) is 19.1 Å². The average Bonchev–Trinajstić information content (AvgIpc) is 2.14. The Kier molecular flexibility index (Phi) is 8.13. The number of carbonyl (C=O) groups is 2. The summed E-state index contributed by atoms with van der Waals surface area (Å²) in [5.74, 6) is -0.279. The van der Waals surface area contributed by atoms with Crippen LogP contribution in [-0.4, -0.2) is 32.1 Å². The lowest BCUT2D eigenvalue weighted by Crippen LogP contribution is -2.08. The normalized spacial score (nSPS) is 9.86. The van der Waals surface area contributed by atoms with Crippen LogP contribution in [0.5, 0.6) is 0 Å². The highest BCUT2D eigenvalue weighted by Gasteiger charge is 2.03. The lowest BCUT2D eigenvalue weighted by Gasteiger charge is -2.03.